The maximum absolute atomic E-state index is 11.5. The molecule has 0 saturated carbocycles. The van der Waals surface area contributed by atoms with E-state index < -0.39 is 0 Å². The smallest absolute Gasteiger partial charge is 0.308 e. The molecule has 1 aromatic heterocycles. The highest BCUT2D eigenvalue weighted by molar-refractivity contribution is 5.89. The van der Waals surface area contributed by atoms with Crippen molar-refractivity contribution < 1.29 is 14.3 Å². The van der Waals surface area contributed by atoms with Crippen LogP contribution in [-0.4, -0.2) is 43.3 Å². The molecule has 0 fully saturated rings. The number of nitrogens with zero attached hydrogens (tertiary/aromatic N) is 1. The molecule has 0 radical (unpaired) electrons. The highest BCUT2D eigenvalue weighted by Crippen LogP contribution is 2.29. The quantitative estimate of drug-likeness (QED) is 0.569. The minimum atomic E-state index is -0.207. The number of aromatic nitrogens is 1. The first-order chi connectivity index (χ1) is 11.1. The van der Waals surface area contributed by atoms with Crippen LogP contribution in [0.5, 0.6) is 5.75 Å². The van der Waals surface area contributed by atoms with E-state index in [9.17, 15) is 4.79 Å². The van der Waals surface area contributed by atoms with Crippen molar-refractivity contribution in [3.8, 4) is 5.75 Å². The third kappa shape index (κ3) is 4.99. The second-order valence-electron chi connectivity index (χ2n) is 5.93. The number of fused-ring (bicyclic) bond motifs is 1. The number of carbonyl (C=O) groups is 1. The Balaban J connectivity index is 2.02. The molecule has 5 nitrogen and oxygen atoms in total. The highest BCUT2D eigenvalue weighted by atomic mass is 16.7. The fourth-order valence-electron chi connectivity index (χ4n) is 2.43. The molecule has 0 aliphatic heterocycles. The minimum Gasteiger partial charge on any atom is -0.457 e. The largest absolute Gasteiger partial charge is 0.457 e. The Morgan fingerprint density at radius 3 is 2.87 bits per heavy atom. The monoisotopic (exact) mass is 318 g/mol. The zero-order chi connectivity index (χ0) is 16.7. The van der Waals surface area contributed by atoms with Crippen molar-refractivity contribution in [2.24, 2.45) is 0 Å². The van der Waals surface area contributed by atoms with Gasteiger partial charge in [0.05, 0.1) is 0 Å². The molecule has 0 unspecified atom stereocenters. The number of unbranched alkanes of at least 4 members (excludes halogenated alkanes) is 1. The number of carbonyl (C=O) groups excluding carboxylic acids is 1. The average Bonchev–Trinajstić information content (AvgIpc) is 2.95. The normalized spacial score (nSPS) is 11.1. The van der Waals surface area contributed by atoms with E-state index in [0.717, 1.165) is 42.5 Å². The second kappa shape index (κ2) is 8.58. The average molecular weight is 318 g/mol. The van der Waals surface area contributed by atoms with Crippen LogP contribution in [0.2, 0.25) is 0 Å². The van der Waals surface area contributed by atoms with Gasteiger partial charge in [0, 0.05) is 30.1 Å². The standard InChI is InChI=1S/C18H26N2O3/c1-4-5-9-17(21)23-13-22-16-8-6-7-15-18(16)14(12-19-15)10-11-20(2)3/h6-8,12,19H,4-5,9-11,13H2,1-3H3. The lowest BCUT2D eigenvalue weighted by molar-refractivity contribution is -0.150. The predicted octanol–water partition coefficient (Wildman–Crippen LogP) is 3.34. The van der Waals surface area contributed by atoms with E-state index >= 15 is 0 Å². The molecule has 1 N–H and O–H groups in total. The summed E-state index contributed by atoms with van der Waals surface area (Å²) < 4.78 is 10.8. The van der Waals surface area contributed by atoms with Crippen LogP contribution in [0.1, 0.15) is 31.7 Å². The van der Waals surface area contributed by atoms with E-state index in [1.165, 1.54) is 5.56 Å². The van der Waals surface area contributed by atoms with Crippen LogP contribution in [-0.2, 0) is 16.0 Å². The predicted molar refractivity (Wildman–Crippen MR) is 91.7 cm³/mol. The van der Waals surface area contributed by atoms with Crippen LogP contribution in [0.25, 0.3) is 10.9 Å². The van der Waals surface area contributed by atoms with Gasteiger partial charge in [0.1, 0.15) is 5.75 Å². The van der Waals surface area contributed by atoms with Crippen molar-refractivity contribution in [1.82, 2.24) is 9.88 Å². The van der Waals surface area contributed by atoms with Crippen LogP contribution in [0.15, 0.2) is 24.4 Å². The number of rotatable bonds is 9. The van der Waals surface area contributed by atoms with Crippen LogP contribution in [0.3, 0.4) is 0 Å². The molecular weight excluding hydrogens is 292 g/mol. The van der Waals surface area contributed by atoms with Crippen LogP contribution in [0, 0.1) is 0 Å². The molecule has 1 heterocycles. The number of hydrogen-bond acceptors (Lipinski definition) is 4. The Kier molecular flexibility index (Phi) is 6.47. The van der Waals surface area contributed by atoms with Crippen molar-refractivity contribution in [3.63, 3.8) is 0 Å². The number of nitrogens with one attached hydrogen (secondary N) is 1. The Labute approximate surface area is 137 Å². The SMILES string of the molecule is CCCCC(=O)OCOc1cccc2[nH]cc(CCN(C)C)c12. The van der Waals surface area contributed by atoms with Crippen molar-refractivity contribution >= 4 is 16.9 Å². The Hall–Kier alpha value is -2.01. The van der Waals surface area contributed by atoms with Gasteiger partial charge in [-0.05, 0) is 44.6 Å². The molecule has 2 aromatic rings. The summed E-state index contributed by atoms with van der Waals surface area (Å²) in [5, 5.41) is 1.07. The van der Waals surface area contributed by atoms with E-state index in [4.69, 9.17) is 9.47 Å². The lowest BCUT2D eigenvalue weighted by Crippen LogP contribution is -2.15. The Morgan fingerprint density at radius 1 is 1.30 bits per heavy atom. The lowest BCUT2D eigenvalue weighted by atomic mass is 10.1. The maximum Gasteiger partial charge on any atom is 0.308 e. The molecule has 1 aromatic carbocycles. The fraction of sp³-hybridized carbons (Fsp3) is 0.500. The molecule has 126 valence electrons. The van der Waals surface area contributed by atoms with Crippen molar-refractivity contribution in [2.45, 2.75) is 32.6 Å². The molecule has 5 heteroatoms. The van der Waals surface area contributed by atoms with Crippen molar-refractivity contribution in [2.75, 3.05) is 27.4 Å². The van der Waals surface area contributed by atoms with E-state index in [1.54, 1.807) is 0 Å². The van der Waals surface area contributed by atoms with Gasteiger partial charge in [0.25, 0.3) is 0 Å². The first kappa shape index (κ1) is 17.3. The molecule has 0 bridgehead atoms. The second-order valence-corrected chi connectivity index (χ2v) is 5.93. The molecular formula is C18H26N2O3. The Bertz CT molecular complexity index is 634. The number of esters is 1. The number of aromatic amines is 1. The van der Waals surface area contributed by atoms with Crippen LogP contribution in [0.4, 0.5) is 0 Å². The summed E-state index contributed by atoms with van der Waals surface area (Å²) in [5.41, 5.74) is 2.25. The molecule has 0 amide bonds. The molecule has 0 aliphatic carbocycles. The van der Waals surface area contributed by atoms with Gasteiger partial charge in [0.2, 0.25) is 6.79 Å². The van der Waals surface area contributed by atoms with E-state index in [2.05, 4.69) is 24.0 Å². The van der Waals surface area contributed by atoms with Gasteiger partial charge >= 0.3 is 5.97 Å². The summed E-state index contributed by atoms with van der Waals surface area (Å²) in [6, 6.07) is 5.87. The van der Waals surface area contributed by atoms with Gasteiger partial charge in [-0.1, -0.05) is 19.4 Å². The van der Waals surface area contributed by atoms with Gasteiger partial charge in [-0.25, -0.2) is 0 Å². The summed E-state index contributed by atoms with van der Waals surface area (Å²) in [4.78, 5) is 17.0. The van der Waals surface area contributed by atoms with Crippen LogP contribution >= 0.6 is 0 Å². The molecule has 23 heavy (non-hydrogen) atoms. The van der Waals surface area contributed by atoms with E-state index in [-0.39, 0.29) is 12.8 Å². The Morgan fingerprint density at radius 2 is 2.13 bits per heavy atom. The first-order valence-electron chi connectivity index (χ1n) is 8.14. The topological polar surface area (TPSA) is 54.6 Å². The fourth-order valence-corrected chi connectivity index (χ4v) is 2.43. The third-order valence-corrected chi connectivity index (χ3v) is 3.75. The van der Waals surface area contributed by atoms with E-state index in [0.29, 0.717) is 6.42 Å². The number of likely N-dealkylation sites (N-methyl/N-ethyl adjacent to an activating group) is 1. The van der Waals surface area contributed by atoms with Gasteiger partial charge in [-0.3, -0.25) is 4.79 Å². The summed E-state index contributed by atoms with van der Waals surface area (Å²) in [6.45, 7) is 2.97. The maximum atomic E-state index is 11.5. The van der Waals surface area contributed by atoms with E-state index in [1.807, 2.05) is 31.3 Å². The first-order valence-corrected chi connectivity index (χ1v) is 8.14. The van der Waals surface area contributed by atoms with Gasteiger partial charge in [0.15, 0.2) is 0 Å². The lowest BCUT2D eigenvalue weighted by Gasteiger charge is -2.11. The molecule has 2 rings (SSSR count). The molecule has 0 saturated heterocycles. The summed E-state index contributed by atoms with van der Waals surface area (Å²) in [6.07, 6.45) is 5.23. The zero-order valence-corrected chi connectivity index (χ0v) is 14.2. The molecule has 0 aliphatic rings. The molecule has 0 spiro atoms. The summed E-state index contributed by atoms with van der Waals surface area (Å²) in [5.74, 6) is 0.543. The number of benzene rings is 1. The van der Waals surface area contributed by atoms with Crippen LogP contribution < -0.4 is 4.74 Å². The summed E-state index contributed by atoms with van der Waals surface area (Å²) >= 11 is 0. The highest BCUT2D eigenvalue weighted by Gasteiger charge is 2.10. The summed E-state index contributed by atoms with van der Waals surface area (Å²) in [7, 11) is 4.12. The molecule has 0 atom stereocenters. The minimum absolute atomic E-state index is 0.0417. The van der Waals surface area contributed by atoms with Gasteiger partial charge < -0.3 is 19.4 Å². The third-order valence-electron chi connectivity index (χ3n) is 3.75. The number of hydrogen-bond donors (Lipinski definition) is 1. The van der Waals surface area contributed by atoms with Gasteiger partial charge in [-0.2, -0.15) is 0 Å². The number of ether oxygens (including phenoxy) is 2. The number of H-pyrrole nitrogens is 1. The zero-order valence-electron chi connectivity index (χ0n) is 14.2. The van der Waals surface area contributed by atoms with Crippen molar-refractivity contribution in [1.29, 1.82) is 0 Å². The van der Waals surface area contributed by atoms with Crippen molar-refractivity contribution in [3.05, 3.63) is 30.0 Å². The van der Waals surface area contributed by atoms with Gasteiger partial charge in [-0.15, -0.1) is 0 Å².